The molecule has 0 atom stereocenters. The van der Waals surface area contributed by atoms with E-state index in [1.165, 1.54) is 5.56 Å². The Balaban J connectivity index is 0.00000243. The van der Waals surface area contributed by atoms with Gasteiger partial charge >= 0.3 is 0 Å². The van der Waals surface area contributed by atoms with Crippen molar-refractivity contribution in [1.82, 2.24) is 10.2 Å². The zero-order valence-electron chi connectivity index (χ0n) is 15.5. The zero-order valence-corrected chi connectivity index (χ0v) is 16.3. The molecule has 0 unspecified atom stereocenters. The molecule has 26 heavy (non-hydrogen) atoms. The zero-order chi connectivity index (χ0) is 17.5. The molecule has 3 nitrogen and oxygen atoms in total. The van der Waals surface area contributed by atoms with E-state index in [1.54, 1.807) is 0 Å². The second-order valence-corrected chi connectivity index (χ2v) is 6.86. The van der Waals surface area contributed by atoms with Crippen LogP contribution in [0.1, 0.15) is 41.3 Å². The number of rotatable bonds is 6. The van der Waals surface area contributed by atoms with Gasteiger partial charge in [0.1, 0.15) is 0 Å². The summed E-state index contributed by atoms with van der Waals surface area (Å²) in [6.45, 7) is 5.97. The third-order valence-electron chi connectivity index (χ3n) is 5.07. The van der Waals surface area contributed by atoms with Crippen LogP contribution in [0.15, 0.2) is 54.6 Å². The van der Waals surface area contributed by atoms with E-state index in [0.717, 1.165) is 56.6 Å². The van der Waals surface area contributed by atoms with Gasteiger partial charge in [0, 0.05) is 18.7 Å². The average molecular weight is 373 g/mol. The highest BCUT2D eigenvalue weighted by Gasteiger charge is 2.24. The van der Waals surface area contributed by atoms with Crippen molar-refractivity contribution >= 4 is 18.3 Å². The summed E-state index contributed by atoms with van der Waals surface area (Å²) >= 11 is 0. The maximum Gasteiger partial charge on any atom is 0.254 e. The first-order valence-corrected chi connectivity index (χ1v) is 9.39. The summed E-state index contributed by atoms with van der Waals surface area (Å²) in [5.74, 6) is 0.886. The monoisotopic (exact) mass is 372 g/mol. The molecule has 1 amide bonds. The molecule has 0 aliphatic carbocycles. The fraction of sp³-hybridized carbons (Fsp3) is 0.409. The van der Waals surface area contributed by atoms with Crippen molar-refractivity contribution in [2.24, 2.45) is 5.92 Å². The second-order valence-electron chi connectivity index (χ2n) is 6.86. The van der Waals surface area contributed by atoms with Gasteiger partial charge in [0.05, 0.1) is 0 Å². The van der Waals surface area contributed by atoms with Gasteiger partial charge < -0.3 is 10.2 Å². The number of carbonyl (C=O) groups is 1. The molecule has 3 rings (SSSR count). The average Bonchev–Trinajstić information content (AvgIpc) is 2.67. The number of benzene rings is 2. The van der Waals surface area contributed by atoms with E-state index < -0.39 is 0 Å². The van der Waals surface area contributed by atoms with Crippen molar-refractivity contribution in [2.45, 2.75) is 26.2 Å². The van der Waals surface area contributed by atoms with Crippen molar-refractivity contribution in [2.75, 3.05) is 26.2 Å². The van der Waals surface area contributed by atoms with E-state index in [0.29, 0.717) is 5.92 Å². The quantitative estimate of drug-likeness (QED) is 0.825. The van der Waals surface area contributed by atoms with Gasteiger partial charge in [-0.15, -0.1) is 12.4 Å². The lowest BCUT2D eigenvalue weighted by atomic mass is 9.94. The van der Waals surface area contributed by atoms with Gasteiger partial charge in [0.15, 0.2) is 0 Å². The van der Waals surface area contributed by atoms with Crippen molar-refractivity contribution in [1.29, 1.82) is 0 Å². The Morgan fingerprint density at radius 1 is 1.04 bits per heavy atom. The Morgan fingerprint density at radius 3 is 2.38 bits per heavy atom. The molecular formula is C22H29ClN2O. The van der Waals surface area contributed by atoms with Crippen LogP contribution in [0.5, 0.6) is 0 Å². The van der Waals surface area contributed by atoms with E-state index in [2.05, 4.69) is 42.6 Å². The summed E-state index contributed by atoms with van der Waals surface area (Å²) < 4.78 is 0. The molecule has 2 aromatic carbocycles. The minimum atomic E-state index is 0. The number of halogens is 1. The maximum absolute atomic E-state index is 13.0. The highest BCUT2D eigenvalue weighted by atomic mass is 35.5. The summed E-state index contributed by atoms with van der Waals surface area (Å²) in [6, 6.07) is 18.4. The normalized spacial score (nSPS) is 14.7. The van der Waals surface area contributed by atoms with Crippen molar-refractivity contribution in [3.63, 3.8) is 0 Å². The van der Waals surface area contributed by atoms with Gasteiger partial charge in [0.25, 0.3) is 5.91 Å². The lowest BCUT2D eigenvalue weighted by molar-refractivity contribution is 0.0689. The molecule has 0 spiro atoms. The summed E-state index contributed by atoms with van der Waals surface area (Å²) in [4.78, 5) is 15.1. The van der Waals surface area contributed by atoms with Crippen LogP contribution in [0.3, 0.4) is 0 Å². The van der Waals surface area contributed by atoms with Crippen molar-refractivity contribution < 1.29 is 4.79 Å². The van der Waals surface area contributed by atoms with Gasteiger partial charge in [-0.25, -0.2) is 0 Å². The molecule has 0 aromatic heterocycles. The van der Waals surface area contributed by atoms with Crippen LogP contribution >= 0.6 is 12.4 Å². The Bertz CT molecular complexity index is 682. The van der Waals surface area contributed by atoms with Crippen LogP contribution in [0, 0.1) is 5.92 Å². The molecule has 0 bridgehead atoms. The SMILES string of the molecule is CCNCC1CCN(C(=O)c2ccccc2Cc2ccccc2)CC1.Cl. The molecular weight excluding hydrogens is 344 g/mol. The van der Waals surface area contributed by atoms with Gasteiger partial charge in [-0.3, -0.25) is 4.79 Å². The highest BCUT2D eigenvalue weighted by molar-refractivity contribution is 5.95. The third-order valence-corrected chi connectivity index (χ3v) is 5.07. The van der Waals surface area contributed by atoms with E-state index in [-0.39, 0.29) is 18.3 Å². The lowest BCUT2D eigenvalue weighted by Gasteiger charge is -2.32. The van der Waals surface area contributed by atoms with Crippen LogP contribution in [0.2, 0.25) is 0 Å². The number of nitrogens with zero attached hydrogens (tertiary/aromatic N) is 1. The molecule has 0 saturated carbocycles. The second kappa shape index (κ2) is 10.3. The number of carbonyl (C=O) groups excluding carboxylic acids is 1. The summed E-state index contributed by atoms with van der Waals surface area (Å²) in [7, 11) is 0. The Labute approximate surface area is 163 Å². The van der Waals surface area contributed by atoms with Gasteiger partial charge in [0.2, 0.25) is 0 Å². The lowest BCUT2D eigenvalue weighted by Crippen LogP contribution is -2.41. The summed E-state index contributed by atoms with van der Waals surface area (Å²) in [6.07, 6.45) is 3.00. The van der Waals surface area contributed by atoms with Gasteiger partial charge in [-0.2, -0.15) is 0 Å². The Hall–Kier alpha value is -1.84. The standard InChI is InChI=1S/C22H28N2O.ClH/c1-2-23-17-19-12-14-24(15-13-19)22(25)21-11-7-6-10-20(21)16-18-8-4-3-5-9-18;/h3-11,19,23H,2,12-17H2,1H3;1H. The molecule has 1 heterocycles. The first-order valence-electron chi connectivity index (χ1n) is 9.39. The summed E-state index contributed by atoms with van der Waals surface area (Å²) in [5, 5.41) is 3.43. The predicted molar refractivity (Wildman–Crippen MR) is 110 cm³/mol. The molecule has 4 heteroatoms. The van der Waals surface area contributed by atoms with Crippen LogP contribution in [0.4, 0.5) is 0 Å². The molecule has 140 valence electrons. The Kier molecular flexibility index (Phi) is 8.14. The number of likely N-dealkylation sites (tertiary alicyclic amines) is 1. The maximum atomic E-state index is 13.0. The van der Waals surface area contributed by atoms with Crippen molar-refractivity contribution in [3.05, 3.63) is 71.3 Å². The van der Waals surface area contributed by atoms with Gasteiger partial charge in [-0.1, -0.05) is 55.5 Å². The first kappa shape index (κ1) is 20.5. The number of hydrogen-bond acceptors (Lipinski definition) is 2. The van der Waals surface area contributed by atoms with Crippen molar-refractivity contribution in [3.8, 4) is 0 Å². The molecule has 1 N–H and O–H groups in total. The van der Waals surface area contributed by atoms with E-state index >= 15 is 0 Å². The molecule has 1 fully saturated rings. The Morgan fingerprint density at radius 2 is 1.69 bits per heavy atom. The van der Waals surface area contributed by atoms with E-state index in [9.17, 15) is 4.79 Å². The molecule has 1 saturated heterocycles. The minimum Gasteiger partial charge on any atom is -0.339 e. The molecule has 1 aliphatic rings. The van der Waals surface area contributed by atoms with Gasteiger partial charge in [-0.05, 0) is 55.5 Å². The van der Waals surface area contributed by atoms with Crippen LogP contribution in [-0.2, 0) is 6.42 Å². The first-order chi connectivity index (χ1) is 12.3. The third kappa shape index (κ3) is 5.33. The number of nitrogens with one attached hydrogen (secondary N) is 1. The molecule has 1 aliphatic heterocycles. The number of hydrogen-bond donors (Lipinski definition) is 1. The summed E-state index contributed by atoms with van der Waals surface area (Å²) in [5.41, 5.74) is 3.22. The molecule has 0 radical (unpaired) electrons. The smallest absolute Gasteiger partial charge is 0.254 e. The topological polar surface area (TPSA) is 32.3 Å². The number of amides is 1. The van der Waals surface area contributed by atoms with Crippen LogP contribution in [0.25, 0.3) is 0 Å². The van der Waals surface area contributed by atoms with Crippen LogP contribution < -0.4 is 5.32 Å². The minimum absolute atomic E-state index is 0. The fourth-order valence-corrected chi connectivity index (χ4v) is 3.56. The number of piperidine rings is 1. The van der Waals surface area contributed by atoms with E-state index in [1.807, 2.05) is 29.2 Å². The fourth-order valence-electron chi connectivity index (χ4n) is 3.56. The highest BCUT2D eigenvalue weighted by Crippen LogP contribution is 2.21. The largest absolute Gasteiger partial charge is 0.339 e. The van der Waals surface area contributed by atoms with Crippen LogP contribution in [-0.4, -0.2) is 37.0 Å². The predicted octanol–water partition coefficient (Wildman–Crippen LogP) is 4.16. The molecule has 2 aromatic rings. The van der Waals surface area contributed by atoms with E-state index in [4.69, 9.17) is 0 Å².